The molecule has 0 aromatic rings. The molecule has 20 heavy (non-hydrogen) atoms. The number of hydrogen-bond acceptors (Lipinski definition) is 4. The van der Waals surface area contributed by atoms with E-state index in [-0.39, 0.29) is 23.2 Å². The molecule has 1 atom stereocenters. The van der Waals surface area contributed by atoms with Gasteiger partial charge in [0.2, 0.25) is 6.35 Å². The van der Waals surface area contributed by atoms with Crippen molar-refractivity contribution in [3.05, 3.63) is 47.2 Å². The zero-order chi connectivity index (χ0) is 15.3. The summed E-state index contributed by atoms with van der Waals surface area (Å²) >= 11 is 5.99. The minimum absolute atomic E-state index is 0.123. The molecule has 0 aromatic heterocycles. The van der Waals surface area contributed by atoms with Gasteiger partial charge < -0.3 is 10.0 Å². The molecule has 0 bridgehead atoms. The Morgan fingerprint density at radius 1 is 1.70 bits per heavy atom. The van der Waals surface area contributed by atoms with Gasteiger partial charge in [-0.15, -0.1) is 0 Å². The van der Waals surface area contributed by atoms with Gasteiger partial charge >= 0.3 is 0 Å². The molecule has 1 amide bonds. The summed E-state index contributed by atoms with van der Waals surface area (Å²) < 4.78 is 0. The van der Waals surface area contributed by atoms with Crippen LogP contribution in [0.2, 0.25) is 0 Å². The van der Waals surface area contributed by atoms with Crippen LogP contribution in [0, 0.1) is 11.3 Å². The van der Waals surface area contributed by atoms with Crippen molar-refractivity contribution < 1.29 is 9.90 Å². The zero-order valence-corrected chi connectivity index (χ0v) is 12.1. The van der Waals surface area contributed by atoms with Crippen molar-refractivity contribution in [1.82, 2.24) is 9.80 Å². The molecule has 1 N–H and O–H groups in total. The second-order valence-corrected chi connectivity index (χ2v) is 4.59. The summed E-state index contributed by atoms with van der Waals surface area (Å²) in [7, 11) is 1.47. The van der Waals surface area contributed by atoms with E-state index in [2.05, 4.69) is 6.58 Å². The van der Waals surface area contributed by atoms with Crippen LogP contribution in [0.25, 0.3) is 0 Å². The van der Waals surface area contributed by atoms with Crippen molar-refractivity contribution >= 4 is 17.5 Å². The highest BCUT2D eigenvalue weighted by atomic mass is 35.5. The lowest BCUT2D eigenvalue weighted by Gasteiger charge is -2.38. The Morgan fingerprint density at radius 3 is 2.90 bits per heavy atom. The fraction of sp³-hybridized carbons (Fsp3) is 0.286. The predicted octanol–water partition coefficient (Wildman–Crippen LogP) is 1.70. The minimum atomic E-state index is -1.18. The first kappa shape index (κ1) is 16.0. The molecule has 0 saturated heterocycles. The number of aliphatic hydroxyl groups is 1. The largest absolute Gasteiger partial charge is 0.356 e. The molecule has 0 spiro atoms. The number of hydrogen-bond donors (Lipinski definition) is 1. The first-order valence-electron chi connectivity index (χ1n) is 5.92. The van der Waals surface area contributed by atoms with Gasteiger partial charge in [0, 0.05) is 25.2 Å². The molecule has 0 radical (unpaired) electrons. The van der Waals surface area contributed by atoms with Crippen LogP contribution in [-0.4, -0.2) is 40.8 Å². The number of aliphatic hydroxyl groups excluding tert-OH is 1. The second kappa shape index (κ2) is 6.94. The van der Waals surface area contributed by atoms with Crippen molar-refractivity contribution in [2.75, 3.05) is 13.6 Å². The topological polar surface area (TPSA) is 67.6 Å². The molecule has 1 aliphatic heterocycles. The van der Waals surface area contributed by atoms with E-state index in [1.807, 2.05) is 19.1 Å². The van der Waals surface area contributed by atoms with E-state index in [0.717, 1.165) is 4.90 Å². The maximum atomic E-state index is 11.5. The number of nitriles is 1. The van der Waals surface area contributed by atoms with Gasteiger partial charge in [0.1, 0.15) is 5.16 Å². The number of amides is 1. The van der Waals surface area contributed by atoms with Crippen LogP contribution >= 0.6 is 11.6 Å². The van der Waals surface area contributed by atoms with Crippen molar-refractivity contribution in [1.29, 1.82) is 5.26 Å². The molecule has 0 saturated carbocycles. The van der Waals surface area contributed by atoms with Gasteiger partial charge in [-0.25, -0.2) is 0 Å². The fourth-order valence-corrected chi connectivity index (χ4v) is 1.83. The number of carbonyl (C=O) groups is 1. The monoisotopic (exact) mass is 293 g/mol. The third kappa shape index (κ3) is 3.50. The van der Waals surface area contributed by atoms with Crippen LogP contribution in [0.4, 0.5) is 0 Å². The lowest BCUT2D eigenvalue weighted by Crippen LogP contribution is -2.51. The molecule has 6 heteroatoms. The molecule has 0 fully saturated rings. The molecule has 0 aromatic carbocycles. The van der Waals surface area contributed by atoms with Crippen molar-refractivity contribution in [2.45, 2.75) is 13.3 Å². The van der Waals surface area contributed by atoms with E-state index in [9.17, 15) is 9.90 Å². The Bertz CT molecular complexity index is 543. The highest BCUT2D eigenvalue weighted by Crippen LogP contribution is 2.23. The smallest absolute Gasteiger partial charge is 0.252 e. The average molecular weight is 294 g/mol. The number of halogens is 1. The Balaban J connectivity index is 3.05. The van der Waals surface area contributed by atoms with E-state index < -0.39 is 6.35 Å². The van der Waals surface area contributed by atoms with Gasteiger partial charge in [-0.3, -0.25) is 9.69 Å². The standard InChI is InChI=1S/C14H16ClN3O2/c1-4-5-6-11(10(2)8-16)9-18-12(15)7-13(19)17(3)14(18)20/h4-7,14,20H,2,9H2,1,3H3/b5-4-,11-6-. The second-order valence-electron chi connectivity index (χ2n) is 4.20. The Kier molecular flexibility index (Phi) is 5.56. The van der Waals surface area contributed by atoms with E-state index >= 15 is 0 Å². The minimum Gasteiger partial charge on any atom is -0.356 e. The molecule has 1 unspecified atom stereocenters. The van der Waals surface area contributed by atoms with E-state index in [1.54, 1.807) is 12.2 Å². The molecule has 0 aliphatic carbocycles. The van der Waals surface area contributed by atoms with Gasteiger partial charge in [-0.05, 0) is 12.5 Å². The van der Waals surface area contributed by atoms with Crippen LogP contribution in [0.15, 0.2) is 47.2 Å². The van der Waals surface area contributed by atoms with Crippen molar-refractivity contribution in [2.24, 2.45) is 0 Å². The molecule has 5 nitrogen and oxygen atoms in total. The maximum Gasteiger partial charge on any atom is 0.252 e. The molecular weight excluding hydrogens is 278 g/mol. The molecule has 1 heterocycles. The van der Waals surface area contributed by atoms with Gasteiger partial charge in [0.15, 0.2) is 0 Å². The average Bonchev–Trinajstić information content (AvgIpc) is 2.43. The first-order valence-corrected chi connectivity index (χ1v) is 6.30. The maximum absolute atomic E-state index is 11.5. The SMILES string of the molecule is C=C(C#N)/C(=C\C=C/C)CN1C(Cl)=CC(=O)N(C)C1O. The molecular formula is C14H16ClN3O2. The van der Waals surface area contributed by atoms with Crippen LogP contribution in [0.1, 0.15) is 6.92 Å². The summed E-state index contributed by atoms with van der Waals surface area (Å²) in [6, 6.07) is 1.97. The van der Waals surface area contributed by atoms with Crippen LogP contribution in [0.5, 0.6) is 0 Å². The quantitative estimate of drug-likeness (QED) is 0.487. The van der Waals surface area contributed by atoms with E-state index in [0.29, 0.717) is 5.57 Å². The van der Waals surface area contributed by atoms with Gasteiger partial charge in [0.25, 0.3) is 5.91 Å². The molecule has 106 valence electrons. The fourth-order valence-electron chi connectivity index (χ4n) is 1.59. The summed E-state index contributed by atoms with van der Waals surface area (Å²) in [5, 5.41) is 19.1. The van der Waals surface area contributed by atoms with Gasteiger partial charge in [-0.1, -0.05) is 36.4 Å². The van der Waals surface area contributed by atoms with Crippen LogP contribution < -0.4 is 0 Å². The molecule has 1 aliphatic rings. The first-order chi connectivity index (χ1) is 9.42. The van der Waals surface area contributed by atoms with Crippen LogP contribution in [-0.2, 0) is 4.79 Å². The number of likely N-dealkylation sites (N-methyl/N-ethyl adjacent to an activating group) is 1. The summed E-state index contributed by atoms with van der Waals surface area (Å²) in [6.45, 7) is 5.68. The van der Waals surface area contributed by atoms with E-state index in [4.69, 9.17) is 16.9 Å². The highest BCUT2D eigenvalue weighted by molar-refractivity contribution is 6.30. The number of nitrogens with zero attached hydrogens (tertiary/aromatic N) is 3. The lowest BCUT2D eigenvalue weighted by atomic mass is 10.1. The number of allylic oxidation sites excluding steroid dienone is 3. The Morgan fingerprint density at radius 2 is 2.35 bits per heavy atom. The number of carbonyl (C=O) groups excluding carboxylic acids is 1. The third-order valence-electron chi connectivity index (χ3n) is 2.84. The Hall–Kier alpha value is -2.03. The highest BCUT2D eigenvalue weighted by Gasteiger charge is 2.30. The normalized spacial score (nSPS) is 20.1. The Labute approximate surface area is 123 Å². The summed E-state index contributed by atoms with van der Waals surface area (Å²) in [5.41, 5.74) is 0.887. The lowest BCUT2D eigenvalue weighted by molar-refractivity contribution is -0.148. The predicted molar refractivity (Wildman–Crippen MR) is 77.1 cm³/mol. The summed E-state index contributed by atoms with van der Waals surface area (Å²) in [5.74, 6) is -0.378. The molecule has 1 rings (SSSR count). The van der Waals surface area contributed by atoms with Crippen molar-refractivity contribution in [3.8, 4) is 6.07 Å². The summed E-state index contributed by atoms with van der Waals surface area (Å²) in [4.78, 5) is 14.0. The third-order valence-corrected chi connectivity index (χ3v) is 3.17. The summed E-state index contributed by atoms with van der Waals surface area (Å²) in [6.07, 6.45) is 5.33. The van der Waals surface area contributed by atoms with Crippen molar-refractivity contribution in [3.63, 3.8) is 0 Å². The zero-order valence-electron chi connectivity index (χ0n) is 11.4. The number of rotatable bonds is 4. The van der Waals surface area contributed by atoms with Gasteiger partial charge in [0.05, 0.1) is 6.07 Å². The van der Waals surface area contributed by atoms with E-state index in [1.165, 1.54) is 18.0 Å². The van der Waals surface area contributed by atoms with Crippen LogP contribution in [0.3, 0.4) is 0 Å². The van der Waals surface area contributed by atoms with Gasteiger partial charge in [-0.2, -0.15) is 5.26 Å².